The van der Waals surface area contributed by atoms with Crippen LogP contribution in [0.3, 0.4) is 0 Å². The molecule has 0 bridgehead atoms. The first kappa shape index (κ1) is 16.2. The topological polar surface area (TPSA) is 128 Å². The van der Waals surface area contributed by atoms with Crippen LogP contribution in [0.4, 0.5) is 0 Å². The number of hydrogen-bond donors (Lipinski definition) is 3. The molecule has 0 aliphatic rings. The summed E-state index contributed by atoms with van der Waals surface area (Å²) in [6.45, 7) is 1.76. The normalized spacial score (nSPS) is 16.0. The molecule has 0 fully saturated rings. The molecule has 0 heterocycles. The summed E-state index contributed by atoms with van der Waals surface area (Å²) >= 11 is 0. The molecule has 0 saturated carbocycles. The van der Waals surface area contributed by atoms with Crippen molar-refractivity contribution in [1.82, 2.24) is 0 Å². The van der Waals surface area contributed by atoms with Gasteiger partial charge in [0.25, 0.3) is 0 Å². The molecule has 98 valence electrons. The number of unbranched alkanes of at least 4 members (excludes halogenated alkanes) is 1. The van der Waals surface area contributed by atoms with E-state index in [1.54, 1.807) is 0 Å². The van der Waals surface area contributed by atoms with E-state index < -0.39 is 15.6 Å². The van der Waals surface area contributed by atoms with Gasteiger partial charge in [0.2, 0.25) is 0 Å². The standard InChI is InChI=1S/C6H17NO7P2/c1-2-3-5-12-16(11,13-6-4-7)14-15(8,9)10/h2-7H2,1H3,(H2,8,9,10). The van der Waals surface area contributed by atoms with E-state index in [0.717, 1.165) is 6.42 Å². The van der Waals surface area contributed by atoms with Gasteiger partial charge in [-0.25, -0.2) is 9.13 Å². The highest BCUT2D eigenvalue weighted by Gasteiger charge is 2.35. The first-order valence-corrected chi connectivity index (χ1v) is 7.68. The second kappa shape index (κ2) is 7.53. The molecule has 4 N–H and O–H groups in total. The average molecular weight is 277 g/mol. The molecule has 0 aliphatic carbocycles. The third-order valence-corrected chi connectivity index (χ3v) is 3.97. The molecular formula is C6H17NO7P2. The van der Waals surface area contributed by atoms with Crippen molar-refractivity contribution in [2.75, 3.05) is 19.8 Å². The molecule has 0 amide bonds. The Bertz CT molecular complexity index is 278. The minimum absolute atomic E-state index is 0.0261. The van der Waals surface area contributed by atoms with E-state index in [1.807, 2.05) is 6.92 Å². The molecule has 1 unspecified atom stereocenters. The Hall–Kier alpha value is 0.220. The van der Waals surface area contributed by atoms with Crippen molar-refractivity contribution in [2.45, 2.75) is 19.8 Å². The van der Waals surface area contributed by atoms with E-state index in [9.17, 15) is 9.13 Å². The number of rotatable bonds is 9. The highest BCUT2D eigenvalue weighted by Crippen LogP contribution is 2.61. The largest absolute Gasteiger partial charge is 0.483 e. The maximum absolute atomic E-state index is 11.6. The fourth-order valence-corrected chi connectivity index (χ4v) is 2.88. The van der Waals surface area contributed by atoms with Crippen LogP contribution in [0.1, 0.15) is 19.8 Å². The fourth-order valence-electron chi connectivity index (χ4n) is 0.700. The zero-order valence-corrected chi connectivity index (χ0v) is 10.7. The third kappa shape index (κ3) is 8.38. The van der Waals surface area contributed by atoms with Crippen LogP contribution in [-0.2, 0) is 22.5 Å². The molecule has 0 saturated heterocycles. The van der Waals surface area contributed by atoms with Gasteiger partial charge in [-0.3, -0.25) is 9.05 Å². The Labute approximate surface area is 93.9 Å². The summed E-state index contributed by atoms with van der Waals surface area (Å²) in [5.41, 5.74) is 5.10. The monoisotopic (exact) mass is 277 g/mol. The van der Waals surface area contributed by atoms with E-state index in [2.05, 4.69) is 8.83 Å². The smallest absolute Gasteiger partial charge is 0.328 e. The van der Waals surface area contributed by atoms with Gasteiger partial charge in [-0.05, 0) is 6.42 Å². The number of phosphoric ester groups is 1. The minimum atomic E-state index is -4.93. The molecule has 0 radical (unpaired) electrons. The lowest BCUT2D eigenvalue weighted by molar-refractivity contribution is 0.141. The Morgan fingerprint density at radius 1 is 1.19 bits per heavy atom. The maximum Gasteiger partial charge on any atom is 0.483 e. The molecule has 0 aromatic carbocycles. The van der Waals surface area contributed by atoms with Crippen LogP contribution in [0, 0.1) is 0 Å². The van der Waals surface area contributed by atoms with Gasteiger partial charge in [-0.1, -0.05) is 13.3 Å². The van der Waals surface area contributed by atoms with Crippen molar-refractivity contribution in [3.63, 3.8) is 0 Å². The van der Waals surface area contributed by atoms with Crippen LogP contribution in [0.15, 0.2) is 0 Å². The molecule has 0 rings (SSSR count). The van der Waals surface area contributed by atoms with Crippen LogP contribution in [0.2, 0.25) is 0 Å². The summed E-state index contributed by atoms with van der Waals surface area (Å²) in [6.07, 6.45) is 1.34. The lowest BCUT2D eigenvalue weighted by Gasteiger charge is -2.17. The van der Waals surface area contributed by atoms with Gasteiger partial charge < -0.3 is 15.5 Å². The van der Waals surface area contributed by atoms with E-state index in [0.29, 0.717) is 6.42 Å². The molecule has 0 aromatic rings. The first-order chi connectivity index (χ1) is 7.33. The Morgan fingerprint density at radius 3 is 2.19 bits per heavy atom. The zero-order chi connectivity index (χ0) is 12.7. The van der Waals surface area contributed by atoms with Crippen LogP contribution in [0.5, 0.6) is 0 Å². The number of phosphoric acid groups is 2. The summed E-state index contributed by atoms with van der Waals surface area (Å²) in [7, 11) is -9.16. The molecule has 10 heteroatoms. The molecular weight excluding hydrogens is 260 g/mol. The molecule has 1 atom stereocenters. The second-order valence-corrected chi connectivity index (χ2v) is 5.87. The van der Waals surface area contributed by atoms with Gasteiger partial charge in [0.05, 0.1) is 13.2 Å². The predicted molar refractivity (Wildman–Crippen MR) is 56.6 cm³/mol. The quantitative estimate of drug-likeness (QED) is 0.420. The third-order valence-electron chi connectivity index (χ3n) is 1.32. The van der Waals surface area contributed by atoms with Crippen molar-refractivity contribution in [1.29, 1.82) is 0 Å². The van der Waals surface area contributed by atoms with Crippen LogP contribution in [-0.4, -0.2) is 29.5 Å². The van der Waals surface area contributed by atoms with E-state index in [1.165, 1.54) is 0 Å². The van der Waals surface area contributed by atoms with Gasteiger partial charge in [-0.15, -0.1) is 0 Å². The van der Waals surface area contributed by atoms with E-state index >= 15 is 0 Å². The van der Waals surface area contributed by atoms with Crippen molar-refractivity contribution < 1.29 is 32.3 Å². The Morgan fingerprint density at radius 2 is 1.75 bits per heavy atom. The predicted octanol–water partition coefficient (Wildman–Crippen LogP) is 0.996. The van der Waals surface area contributed by atoms with E-state index in [4.69, 9.17) is 20.0 Å². The Balaban J connectivity index is 4.36. The molecule has 0 aliphatic heterocycles. The van der Waals surface area contributed by atoms with Gasteiger partial charge in [0.15, 0.2) is 0 Å². The first-order valence-electron chi connectivity index (χ1n) is 4.69. The summed E-state index contributed by atoms with van der Waals surface area (Å²) < 4.78 is 35.5. The molecule has 8 nitrogen and oxygen atoms in total. The SMILES string of the molecule is CCCCOP(=O)(OCCN)OP(=O)(O)O. The summed E-state index contributed by atoms with van der Waals surface area (Å²) in [5, 5.41) is 0. The van der Waals surface area contributed by atoms with Gasteiger partial charge in [-0.2, -0.15) is 4.31 Å². The fraction of sp³-hybridized carbons (Fsp3) is 1.00. The van der Waals surface area contributed by atoms with Crippen LogP contribution < -0.4 is 5.73 Å². The zero-order valence-electron chi connectivity index (χ0n) is 8.94. The lowest BCUT2D eigenvalue weighted by atomic mass is 10.4. The molecule has 16 heavy (non-hydrogen) atoms. The Kier molecular flexibility index (Phi) is 7.63. The maximum atomic E-state index is 11.6. The van der Waals surface area contributed by atoms with Crippen molar-refractivity contribution in [2.24, 2.45) is 5.73 Å². The molecule has 0 aromatic heterocycles. The van der Waals surface area contributed by atoms with Crippen molar-refractivity contribution in [3.05, 3.63) is 0 Å². The lowest BCUT2D eigenvalue weighted by Crippen LogP contribution is -2.09. The van der Waals surface area contributed by atoms with Crippen LogP contribution in [0.25, 0.3) is 0 Å². The van der Waals surface area contributed by atoms with Crippen LogP contribution >= 0.6 is 15.6 Å². The highest BCUT2D eigenvalue weighted by atomic mass is 31.3. The van der Waals surface area contributed by atoms with Crippen molar-refractivity contribution >= 4 is 15.6 Å². The van der Waals surface area contributed by atoms with Gasteiger partial charge in [0, 0.05) is 6.54 Å². The number of hydrogen-bond acceptors (Lipinski definition) is 6. The van der Waals surface area contributed by atoms with Crippen molar-refractivity contribution in [3.8, 4) is 0 Å². The summed E-state index contributed by atoms with van der Waals surface area (Å²) in [6, 6.07) is 0. The summed E-state index contributed by atoms with van der Waals surface area (Å²) in [4.78, 5) is 17.1. The van der Waals surface area contributed by atoms with Gasteiger partial charge >= 0.3 is 15.6 Å². The second-order valence-electron chi connectivity index (χ2n) is 2.83. The minimum Gasteiger partial charge on any atom is -0.328 e. The van der Waals surface area contributed by atoms with Gasteiger partial charge in [0.1, 0.15) is 0 Å². The highest BCUT2D eigenvalue weighted by molar-refractivity contribution is 7.61. The number of nitrogens with two attached hydrogens (primary N) is 1. The molecule has 0 spiro atoms. The average Bonchev–Trinajstić information content (AvgIpc) is 2.12. The summed E-state index contributed by atoms with van der Waals surface area (Å²) in [5.74, 6) is 0. The van der Waals surface area contributed by atoms with E-state index in [-0.39, 0.29) is 19.8 Å².